The van der Waals surface area contributed by atoms with Crippen molar-refractivity contribution in [3.63, 3.8) is 0 Å². The molecule has 1 aromatic heterocycles. The Morgan fingerprint density at radius 1 is 1.38 bits per heavy atom. The number of nitrogens with zero attached hydrogens (tertiary/aromatic N) is 2. The van der Waals surface area contributed by atoms with E-state index in [0.717, 1.165) is 32.7 Å². The molecule has 0 aliphatic carbocycles. The molecule has 0 aromatic carbocycles. The fraction of sp³-hybridized carbons (Fsp3) is 0.706. The topological polar surface area (TPSA) is 87.3 Å². The van der Waals surface area contributed by atoms with Gasteiger partial charge in [0.15, 0.2) is 0 Å². The predicted molar refractivity (Wildman–Crippen MR) is 92.1 cm³/mol. The lowest BCUT2D eigenvalue weighted by atomic mass is 9.95. The number of carbonyl (C=O) groups is 1. The SMILES string of the molecule is CC[C@](C)(CNC(=O)Cc1c(C)nc(C)[nH]c1=O)N1CCOCC1. The molecule has 1 aliphatic heterocycles. The number of aromatic nitrogens is 2. The van der Waals surface area contributed by atoms with Crippen LogP contribution >= 0.6 is 0 Å². The molecule has 7 nitrogen and oxygen atoms in total. The van der Waals surface area contributed by atoms with Gasteiger partial charge in [0.05, 0.1) is 19.6 Å². The summed E-state index contributed by atoms with van der Waals surface area (Å²) in [5.74, 6) is 0.412. The zero-order valence-electron chi connectivity index (χ0n) is 15.1. The maximum Gasteiger partial charge on any atom is 0.254 e. The van der Waals surface area contributed by atoms with Crippen LogP contribution in [0.1, 0.15) is 37.4 Å². The van der Waals surface area contributed by atoms with E-state index >= 15 is 0 Å². The molecule has 0 spiro atoms. The van der Waals surface area contributed by atoms with Crippen LogP contribution in [0.15, 0.2) is 4.79 Å². The van der Waals surface area contributed by atoms with Crippen molar-refractivity contribution in [2.24, 2.45) is 0 Å². The van der Waals surface area contributed by atoms with Gasteiger partial charge in [-0.3, -0.25) is 14.5 Å². The predicted octanol–water partition coefficient (Wildman–Crippen LogP) is 0.546. The second kappa shape index (κ2) is 7.90. The van der Waals surface area contributed by atoms with Gasteiger partial charge in [-0.1, -0.05) is 6.92 Å². The first-order valence-electron chi connectivity index (χ1n) is 8.51. The van der Waals surface area contributed by atoms with E-state index in [2.05, 4.69) is 34.0 Å². The van der Waals surface area contributed by atoms with Crippen molar-refractivity contribution < 1.29 is 9.53 Å². The Balaban J connectivity index is 1.98. The van der Waals surface area contributed by atoms with E-state index in [4.69, 9.17) is 4.74 Å². The van der Waals surface area contributed by atoms with Gasteiger partial charge in [-0.15, -0.1) is 0 Å². The summed E-state index contributed by atoms with van der Waals surface area (Å²) in [7, 11) is 0. The molecule has 1 amide bonds. The van der Waals surface area contributed by atoms with E-state index < -0.39 is 0 Å². The van der Waals surface area contributed by atoms with E-state index in [1.165, 1.54) is 0 Å². The minimum absolute atomic E-state index is 0.0529. The molecule has 1 aliphatic rings. The molecule has 1 fully saturated rings. The normalized spacial score (nSPS) is 18.2. The first-order chi connectivity index (χ1) is 11.4. The van der Waals surface area contributed by atoms with Crippen LogP contribution in [0.4, 0.5) is 0 Å². The highest BCUT2D eigenvalue weighted by Gasteiger charge is 2.31. The van der Waals surface area contributed by atoms with Crippen molar-refractivity contribution in [3.8, 4) is 0 Å². The molecule has 2 rings (SSSR count). The number of H-pyrrole nitrogens is 1. The first-order valence-corrected chi connectivity index (χ1v) is 8.51. The number of aromatic amines is 1. The van der Waals surface area contributed by atoms with Gasteiger partial charge in [0.1, 0.15) is 5.82 Å². The highest BCUT2D eigenvalue weighted by molar-refractivity contribution is 5.78. The van der Waals surface area contributed by atoms with Crippen LogP contribution in [0, 0.1) is 13.8 Å². The lowest BCUT2D eigenvalue weighted by Crippen LogP contribution is -2.57. The largest absolute Gasteiger partial charge is 0.379 e. The standard InChI is InChI=1S/C17H28N4O3/c1-5-17(4,21-6-8-24-9-7-21)11-18-15(22)10-14-12(2)19-13(3)20-16(14)23/h5-11H2,1-4H3,(H,18,22)(H,19,20,23)/t17-/m1/s1. The number of hydrogen-bond acceptors (Lipinski definition) is 5. The maximum absolute atomic E-state index is 12.3. The Morgan fingerprint density at radius 2 is 2.04 bits per heavy atom. The lowest BCUT2D eigenvalue weighted by Gasteiger charge is -2.43. The number of hydrogen-bond donors (Lipinski definition) is 2. The van der Waals surface area contributed by atoms with Crippen molar-refractivity contribution in [3.05, 3.63) is 27.4 Å². The van der Waals surface area contributed by atoms with Crippen LogP contribution in [0.5, 0.6) is 0 Å². The Hall–Kier alpha value is -1.73. The lowest BCUT2D eigenvalue weighted by molar-refractivity contribution is -0.121. The van der Waals surface area contributed by atoms with Crippen LogP contribution in [-0.2, 0) is 16.0 Å². The first kappa shape index (κ1) is 18.6. The molecule has 0 saturated carbocycles. The molecule has 1 saturated heterocycles. The van der Waals surface area contributed by atoms with Crippen molar-refractivity contribution in [1.29, 1.82) is 0 Å². The van der Waals surface area contributed by atoms with Gasteiger partial charge in [-0.25, -0.2) is 4.98 Å². The minimum Gasteiger partial charge on any atom is -0.379 e. The molecule has 1 atom stereocenters. The van der Waals surface area contributed by atoms with Crippen LogP contribution in [-0.4, -0.2) is 59.2 Å². The van der Waals surface area contributed by atoms with E-state index in [1.54, 1.807) is 13.8 Å². The third-order valence-corrected chi connectivity index (χ3v) is 4.88. The smallest absolute Gasteiger partial charge is 0.254 e. The zero-order chi connectivity index (χ0) is 17.7. The molecule has 0 radical (unpaired) electrons. The zero-order valence-corrected chi connectivity index (χ0v) is 15.1. The van der Waals surface area contributed by atoms with Crippen LogP contribution in [0.3, 0.4) is 0 Å². The van der Waals surface area contributed by atoms with E-state index in [9.17, 15) is 9.59 Å². The van der Waals surface area contributed by atoms with Crippen molar-refractivity contribution in [1.82, 2.24) is 20.2 Å². The molecule has 24 heavy (non-hydrogen) atoms. The summed E-state index contributed by atoms with van der Waals surface area (Å²) in [6.07, 6.45) is 0.982. The Morgan fingerprint density at radius 3 is 2.62 bits per heavy atom. The maximum atomic E-state index is 12.3. The molecule has 7 heteroatoms. The fourth-order valence-electron chi connectivity index (χ4n) is 3.03. The number of nitrogens with one attached hydrogen (secondary N) is 2. The Bertz CT molecular complexity index is 637. The highest BCUT2D eigenvalue weighted by atomic mass is 16.5. The van der Waals surface area contributed by atoms with Crippen molar-refractivity contribution >= 4 is 5.91 Å². The van der Waals surface area contributed by atoms with Crippen LogP contribution in [0.2, 0.25) is 0 Å². The van der Waals surface area contributed by atoms with Gasteiger partial charge in [-0.2, -0.15) is 0 Å². The average molecular weight is 336 g/mol. The van der Waals surface area contributed by atoms with Crippen molar-refractivity contribution in [2.75, 3.05) is 32.8 Å². The summed E-state index contributed by atoms with van der Waals surface area (Å²) in [5.41, 5.74) is 0.703. The fourth-order valence-corrected chi connectivity index (χ4v) is 3.03. The Kier molecular flexibility index (Phi) is 6.12. The number of amides is 1. The number of morpholine rings is 1. The third kappa shape index (κ3) is 4.42. The third-order valence-electron chi connectivity index (χ3n) is 4.88. The van der Waals surface area contributed by atoms with Gasteiger partial charge in [0.25, 0.3) is 5.56 Å². The summed E-state index contributed by atoms with van der Waals surface area (Å²) in [6.45, 7) is 11.5. The van der Waals surface area contributed by atoms with Gasteiger partial charge in [0, 0.05) is 36.4 Å². The molecular formula is C17H28N4O3. The molecule has 0 bridgehead atoms. The monoisotopic (exact) mass is 336 g/mol. The molecule has 2 N–H and O–H groups in total. The van der Waals surface area contributed by atoms with E-state index in [-0.39, 0.29) is 23.4 Å². The summed E-state index contributed by atoms with van der Waals surface area (Å²) < 4.78 is 5.41. The van der Waals surface area contributed by atoms with Gasteiger partial charge < -0.3 is 15.0 Å². The van der Waals surface area contributed by atoms with Crippen molar-refractivity contribution in [2.45, 2.75) is 46.1 Å². The van der Waals surface area contributed by atoms with Crippen LogP contribution in [0.25, 0.3) is 0 Å². The number of aryl methyl sites for hydroxylation is 2. The molecule has 0 unspecified atom stereocenters. The van der Waals surface area contributed by atoms with Gasteiger partial charge in [0.2, 0.25) is 5.91 Å². The van der Waals surface area contributed by atoms with Crippen LogP contribution < -0.4 is 10.9 Å². The van der Waals surface area contributed by atoms with Gasteiger partial charge in [-0.05, 0) is 27.2 Å². The van der Waals surface area contributed by atoms with Gasteiger partial charge >= 0.3 is 0 Å². The second-order valence-corrected chi connectivity index (χ2v) is 6.62. The van der Waals surface area contributed by atoms with E-state index in [0.29, 0.717) is 23.6 Å². The highest BCUT2D eigenvalue weighted by Crippen LogP contribution is 2.20. The summed E-state index contributed by atoms with van der Waals surface area (Å²) in [6, 6.07) is 0. The number of rotatable bonds is 6. The van der Waals surface area contributed by atoms with E-state index in [1.807, 2.05) is 0 Å². The summed E-state index contributed by atoms with van der Waals surface area (Å²) in [4.78, 5) is 33.6. The average Bonchev–Trinajstić information content (AvgIpc) is 2.56. The minimum atomic E-state index is -0.235. The molecule has 134 valence electrons. The summed E-state index contributed by atoms with van der Waals surface area (Å²) >= 11 is 0. The number of ether oxygens (including phenoxy) is 1. The quantitative estimate of drug-likeness (QED) is 0.792. The summed E-state index contributed by atoms with van der Waals surface area (Å²) in [5, 5.41) is 2.99. The molecular weight excluding hydrogens is 308 g/mol. The second-order valence-electron chi connectivity index (χ2n) is 6.62. The molecule has 2 heterocycles. The Labute approximate surface area is 142 Å². The number of carbonyl (C=O) groups excluding carboxylic acids is 1. The molecule has 1 aromatic rings.